The summed E-state index contributed by atoms with van der Waals surface area (Å²) in [6, 6.07) is 37.8. The maximum absolute atomic E-state index is 12.3. The third-order valence-electron chi connectivity index (χ3n) is 21.6. The van der Waals surface area contributed by atoms with E-state index in [1.807, 2.05) is 115 Å². The van der Waals surface area contributed by atoms with Crippen molar-refractivity contribution in [3.63, 3.8) is 0 Å². The van der Waals surface area contributed by atoms with Gasteiger partial charge in [-0.1, -0.05) is 97.9 Å². The Morgan fingerprint density at radius 1 is 0.463 bits per heavy atom. The van der Waals surface area contributed by atoms with Crippen LogP contribution in [0.25, 0.3) is 0 Å². The molecule has 10 heterocycles. The van der Waals surface area contributed by atoms with Gasteiger partial charge in [-0.3, -0.25) is 14.7 Å². The molecule has 803 valence electrons. The average molecular weight is 2190 g/mol. The molecule has 6 aliphatic rings. The molecule has 4 atom stereocenters. The van der Waals surface area contributed by atoms with Crippen LogP contribution in [-0.2, 0) is 132 Å². The number of likely N-dealkylation sites (N-methyl/N-ethyl adjacent to an activating group) is 2. The first kappa shape index (κ1) is 127. The molecule has 0 bridgehead atoms. The number of esters is 5. The largest absolute Gasteiger partial charge is 1.00 e. The Morgan fingerprint density at radius 3 is 1.18 bits per heavy atom. The Bertz CT molecular complexity index is 5740. The fraction of sp³-hybridized carbons (Fsp3) is 0.412. The number of nitrogens with two attached hydrogens (primary N) is 1. The van der Waals surface area contributed by atoms with Crippen molar-refractivity contribution in [3.8, 4) is 46.0 Å². The molecule has 5 N–H and O–H groups in total. The van der Waals surface area contributed by atoms with Gasteiger partial charge < -0.3 is 131 Å². The Labute approximate surface area is 902 Å². The standard InChI is InChI=1S/C19H22ClN3O5.C18H20ClN3O5.C18H22ClN3O4.C13H18NO7P.C12H10Cl2N2O2.C7H10O3.C6H9NO3.C3H4O2.CH4.B.Li.H/c1-23(16(18(24)26-3)13-10-27-11-13)17-15(8-21-19(20)22-17)28-9-12-4-6-14(25-2)7-5-12;1-24-13-5-3-11(4-6-13)8-27-14-7-20-18(19)22-16(14)21-15(17(23)25-2)12-9-26-10-12;1-22(15(8-23)13-10-25-11-13)17-16(7-20-18(19)21-17)26-9-12-3-5-14(24-2)6-4-12;1-18-12(15)11(22(17,19-2)20-3)14-13(16)21-9-10-7-5-4-6-8-10;1-17-9-4-2-8(3-5-9)7-18-10-6-15-12(14)16-11(10)13;1-5(7(8)9-2)6-3-10-4-6;1-9-6(8)5(7)4-2-10-3-4;4-3-1-5-2-3;;;;/h4-8,13,16H,9-11H2,1-3H3;3-7,12,15H,8-10H2,1-2H3,(H,20,21,22);3-7,13,15,23H,8-11H2,1-2H3;4-8,11H,9H2,1-3H3,(H,14,16);2-6H,7H2,1H3;3-4H2,1-2H3;2-3,7H2,1H3;1-2H2;1H4;;;/q;;;;;;;;;;+1;-1. The molecule has 6 saturated heterocycles. The monoisotopic (exact) mass is 2190 g/mol. The molecule has 15 rings (SSSR count). The van der Waals surface area contributed by atoms with Crippen LogP contribution >= 0.6 is 65.6 Å². The number of halogens is 5. The number of carbonyl (C=O) groups is 7. The summed E-state index contributed by atoms with van der Waals surface area (Å²) in [5.41, 5.74) is 12.7. The van der Waals surface area contributed by atoms with Gasteiger partial charge in [-0.2, -0.15) is 15.0 Å². The number of ether oxygens (including phenoxy) is 20. The van der Waals surface area contributed by atoms with Gasteiger partial charge in [0.2, 0.25) is 26.9 Å². The molecule has 6 aliphatic heterocycles. The van der Waals surface area contributed by atoms with E-state index in [0.29, 0.717) is 152 Å². The van der Waals surface area contributed by atoms with Crippen molar-refractivity contribution in [1.29, 1.82) is 0 Å². The fourth-order valence-corrected chi connectivity index (χ4v) is 14.6. The van der Waals surface area contributed by atoms with E-state index in [-0.39, 0.29) is 123 Å². The van der Waals surface area contributed by atoms with Crippen molar-refractivity contribution in [2.75, 3.05) is 193 Å². The molecule has 4 aromatic heterocycles. The first-order chi connectivity index (χ1) is 70.3. The number of anilines is 3. The van der Waals surface area contributed by atoms with Crippen molar-refractivity contribution in [2.24, 2.45) is 23.5 Å². The number of hydrogen-bond donors (Lipinski definition) is 4. The van der Waals surface area contributed by atoms with E-state index in [9.17, 15) is 43.2 Å². The summed E-state index contributed by atoms with van der Waals surface area (Å²) < 4.78 is 123. The van der Waals surface area contributed by atoms with Gasteiger partial charge >= 0.3 is 62.4 Å². The summed E-state index contributed by atoms with van der Waals surface area (Å²) in [6.45, 7) is 8.96. The zero-order chi connectivity index (χ0) is 106. The molecule has 52 heteroatoms. The quantitative estimate of drug-likeness (QED) is 0.00536. The number of Topliss-reactive ketones (excluding diaryl/α,β-unsaturated/α-hetero) is 1. The third-order valence-corrected chi connectivity index (χ3v) is 24.6. The number of ketones is 1. The normalized spacial score (nSPS) is 14.0. The Morgan fingerprint density at radius 2 is 0.832 bits per heavy atom. The Hall–Kier alpha value is -12.2. The van der Waals surface area contributed by atoms with Gasteiger partial charge in [0.25, 0.3) is 0 Å². The van der Waals surface area contributed by atoms with Crippen LogP contribution in [0.4, 0.5) is 22.2 Å². The number of aliphatic hydroxyl groups excluding tert-OH is 1. The van der Waals surface area contributed by atoms with Crippen LogP contribution in [0.5, 0.6) is 46.0 Å². The second kappa shape index (κ2) is 67.1. The number of hydrogen-bond acceptors (Lipinski definition) is 43. The predicted molar refractivity (Wildman–Crippen MR) is 545 cm³/mol. The van der Waals surface area contributed by atoms with Gasteiger partial charge in [0.15, 0.2) is 51.4 Å². The summed E-state index contributed by atoms with van der Waals surface area (Å²) >= 11 is 29.4. The van der Waals surface area contributed by atoms with Crippen LogP contribution in [-0.4, -0.2) is 297 Å². The van der Waals surface area contributed by atoms with Crippen LogP contribution in [0.2, 0.25) is 26.3 Å². The van der Waals surface area contributed by atoms with Gasteiger partial charge in [0.05, 0.1) is 167 Å². The van der Waals surface area contributed by atoms with Crippen molar-refractivity contribution >= 4 is 133 Å². The molecule has 9 aromatic rings. The van der Waals surface area contributed by atoms with Crippen LogP contribution in [0.1, 0.15) is 43.6 Å². The molecule has 6 fully saturated rings. The van der Waals surface area contributed by atoms with Crippen molar-refractivity contribution in [2.45, 2.75) is 71.3 Å². The zero-order valence-corrected chi connectivity index (χ0v) is 88.5. The van der Waals surface area contributed by atoms with E-state index in [0.717, 1.165) is 83.3 Å². The minimum atomic E-state index is -3.90. The van der Waals surface area contributed by atoms with E-state index < -0.39 is 49.5 Å². The molecule has 0 aliphatic carbocycles. The number of alkyl carbamates (subject to hydrolysis) is 1. The average Bonchev–Trinajstić information content (AvgIpc) is 0.788. The van der Waals surface area contributed by atoms with Crippen LogP contribution in [0.3, 0.4) is 0 Å². The predicted octanol–water partition coefficient (Wildman–Crippen LogP) is 8.96. The number of nitrogens with one attached hydrogen (secondary N) is 2. The van der Waals surface area contributed by atoms with Gasteiger partial charge in [-0.15, -0.1) is 0 Å². The zero-order valence-electron chi connectivity index (χ0n) is 84.9. The number of rotatable bonds is 37. The van der Waals surface area contributed by atoms with E-state index >= 15 is 0 Å². The van der Waals surface area contributed by atoms with Crippen LogP contribution in [0, 0.1) is 17.8 Å². The molecule has 1 amide bonds. The van der Waals surface area contributed by atoms with Gasteiger partial charge in [0.1, 0.15) is 87.0 Å². The first-order valence-electron chi connectivity index (χ1n) is 44.2. The second-order valence-corrected chi connectivity index (χ2v) is 35.1. The third kappa shape index (κ3) is 40.6. The summed E-state index contributed by atoms with van der Waals surface area (Å²) in [4.78, 5) is 115. The number of amides is 1. The number of methoxy groups -OCH3 is 9. The summed E-state index contributed by atoms with van der Waals surface area (Å²) in [5.74, 6) is 2.46. The second-order valence-electron chi connectivity index (χ2n) is 31.1. The van der Waals surface area contributed by atoms with Gasteiger partial charge in [-0.05, 0) is 135 Å². The van der Waals surface area contributed by atoms with E-state index in [1.54, 1.807) is 77.8 Å². The minimum Gasteiger partial charge on any atom is -1.00 e. The summed E-state index contributed by atoms with van der Waals surface area (Å²) in [5, 5.41) is 15.5. The minimum absolute atomic E-state index is 0. The van der Waals surface area contributed by atoms with Crippen LogP contribution in [0.15, 0.2) is 175 Å². The summed E-state index contributed by atoms with van der Waals surface area (Å²) in [6.07, 6.45) is 5.01. The Balaban J connectivity index is 0.000000367. The molecule has 3 radical (unpaired) electrons. The van der Waals surface area contributed by atoms with E-state index in [2.05, 4.69) is 69.5 Å². The van der Waals surface area contributed by atoms with E-state index in [1.165, 1.54) is 47.0 Å². The van der Waals surface area contributed by atoms with Gasteiger partial charge in [-0.25, -0.2) is 53.7 Å². The molecule has 149 heavy (non-hydrogen) atoms. The maximum atomic E-state index is 12.3. The van der Waals surface area contributed by atoms with Crippen molar-refractivity contribution in [1.82, 2.24) is 45.2 Å². The molecule has 44 nitrogen and oxygen atoms in total. The van der Waals surface area contributed by atoms with Crippen molar-refractivity contribution in [3.05, 3.63) is 229 Å². The molecule has 0 spiro atoms. The van der Waals surface area contributed by atoms with Crippen LogP contribution < -0.4 is 82.9 Å². The first-order valence-corrected chi connectivity index (χ1v) is 47.7. The Kier molecular flexibility index (Phi) is 57.3. The number of benzene rings is 5. The molecule has 4 unspecified atom stereocenters. The number of nitrogens with zero attached hydrogens (tertiary/aromatic N) is 10. The van der Waals surface area contributed by atoms with Gasteiger partial charge in [0, 0.05) is 65.6 Å². The summed E-state index contributed by atoms with van der Waals surface area (Å²) in [7, 11) is 14.8. The molecule has 0 saturated carbocycles. The molecular formula is C97H120BCl5LiN13O31P. The SMILES string of the molecule is C.COC(=O)C(C)=C1COC1.COC(=O)C(C1COC1)N(C)c1nc(Cl)ncc1OCc1ccc(OC)cc1.COC(=O)C(N)=C1COC1.COC(=O)C(NC(=O)OCc1ccccc1)P(=O)(OC)OC.COC(=O)C(Nc1nc(Cl)ncc1OCc1ccc(OC)cc1)C1COC1.COc1ccc(COc2cnc(Cl)nc2Cl)cc1.COc1ccc(COc2cnc(Cl)nc2N(C)C(CO)C2COC2)cc1.O=C1COC1.[B].[H-].[Li+]. The smallest absolute Gasteiger partial charge is 1.00 e. The molecular weight excluding hydrogens is 2070 g/mol. The fourth-order valence-electron chi connectivity index (χ4n) is 12.6. The van der Waals surface area contributed by atoms with E-state index in [4.69, 9.17) is 149 Å². The topological polar surface area (TPSA) is 520 Å². The number of aliphatic hydroxyl groups is 1. The number of carbonyl (C=O) groups excluding carboxylic acids is 7. The maximum Gasteiger partial charge on any atom is 1.00 e. The molecule has 5 aromatic carbocycles. The van der Waals surface area contributed by atoms with Crippen molar-refractivity contribution < 1.29 is 167 Å². The number of aromatic nitrogens is 8.